The molecule has 1 saturated heterocycles. The zero-order valence-corrected chi connectivity index (χ0v) is 12.8. The number of halogens is 1. The molecule has 2 atom stereocenters. The van der Waals surface area contributed by atoms with Gasteiger partial charge in [0.1, 0.15) is 5.82 Å². The zero-order chi connectivity index (χ0) is 14.9. The Kier molecular flexibility index (Phi) is 7.13. The average molecular weight is 295 g/mol. The Labute approximate surface area is 126 Å². The molecule has 2 rings (SSSR count). The van der Waals surface area contributed by atoms with Crippen molar-refractivity contribution < 1.29 is 13.9 Å². The summed E-state index contributed by atoms with van der Waals surface area (Å²) >= 11 is 0. The molecule has 0 aliphatic carbocycles. The standard InChI is InChI=1S/C17H26FNO2/c1-2-10-19-17(15-8-3-4-9-16(15)18)13-20-12-14-7-5-6-11-21-14/h3-4,8-9,14,17,19H,2,5-7,10-13H2,1H3. The maximum absolute atomic E-state index is 13.9. The van der Waals surface area contributed by atoms with E-state index in [-0.39, 0.29) is 18.0 Å². The third-order valence-corrected chi connectivity index (χ3v) is 3.78. The fourth-order valence-corrected chi connectivity index (χ4v) is 2.59. The number of rotatable bonds is 8. The van der Waals surface area contributed by atoms with Crippen LogP contribution in [0.25, 0.3) is 0 Å². The quantitative estimate of drug-likeness (QED) is 0.797. The summed E-state index contributed by atoms with van der Waals surface area (Å²) in [5.41, 5.74) is 0.676. The summed E-state index contributed by atoms with van der Waals surface area (Å²) in [7, 11) is 0. The number of benzene rings is 1. The van der Waals surface area contributed by atoms with Gasteiger partial charge in [0.15, 0.2) is 0 Å². The highest BCUT2D eigenvalue weighted by molar-refractivity contribution is 5.21. The van der Waals surface area contributed by atoms with E-state index in [2.05, 4.69) is 12.2 Å². The van der Waals surface area contributed by atoms with Crippen LogP contribution < -0.4 is 5.32 Å². The Morgan fingerprint density at radius 3 is 2.95 bits per heavy atom. The molecule has 3 nitrogen and oxygen atoms in total. The summed E-state index contributed by atoms with van der Waals surface area (Å²) in [5, 5.41) is 3.36. The third-order valence-electron chi connectivity index (χ3n) is 3.78. The number of ether oxygens (including phenoxy) is 2. The van der Waals surface area contributed by atoms with Crippen LogP contribution in [0.3, 0.4) is 0 Å². The molecule has 0 amide bonds. The van der Waals surface area contributed by atoms with Gasteiger partial charge in [0.25, 0.3) is 0 Å². The molecule has 1 aromatic rings. The molecule has 1 aromatic carbocycles. The fraction of sp³-hybridized carbons (Fsp3) is 0.647. The van der Waals surface area contributed by atoms with Crippen LogP contribution in [0.5, 0.6) is 0 Å². The molecule has 0 aromatic heterocycles. The molecule has 1 aliphatic heterocycles. The summed E-state index contributed by atoms with van der Waals surface area (Å²) in [6, 6.07) is 6.80. The van der Waals surface area contributed by atoms with Crippen LogP contribution in [-0.2, 0) is 9.47 Å². The first-order chi connectivity index (χ1) is 10.3. The molecule has 0 spiro atoms. The van der Waals surface area contributed by atoms with Crippen molar-refractivity contribution >= 4 is 0 Å². The topological polar surface area (TPSA) is 30.5 Å². The Bertz CT molecular complexity index is 408. The second kappa shape index (κ2) is 9.13. The second-order valence-electron chi connectivity index (χ2n) is 5.55. The summed E-state index contributed by atoms with van der Waals surface area (Å²) in [6.07, 6.45) is 4.63. The first-order valence-electron chi connectivity index (χ1n) is 7.98. The lowest BCUT2D eigenvalue weighted by atomic mass is 10.1. The molecule has 0 bridgehead atoms. The van der Waals surface area contributed by atoms with Crippen molar-refractivity contribution in [3.05, 3.63) is 35.6 Å². The van der Waals surface area contributed by atoms with Crippen LogP contribution in [0.2, 0.25) is 0 Å². The van der Waals surface area contributed by atoms with Gasteiger partial charge in [-0.3, -0.25) is 0 Å². The lowest BCUT2D eigenvalue weighted by Crippen LogP contribution is -2.30. The van der Waals surface area contributed by atoms with Crippen molar-refractivity contribution in [3.63, 3.8) is 0 Å². The zero-order valence-electron chi connectivity index (χ0n) is 12.8. The highest BCUT2D eigenvalue weighted by atomic mass is 19.1. The highest BCUT2D eigenvalue weighted by Gasteiger charge is 2.18. The molecule has 118 valence electrons. The maximum atomic E-state index is 13.9. The second-order valence-corrected chi connectivity index (χ2v) is 5.55. The van der Waals surface area contributed by atoms with E-state index in [4.69, 9.17) is 9.47 Å². The Morgan fingerprint density at radius 1 is 1.38 bits per heavy atom. The number of hydrogen-bond acceptors (Lipinski definition) is 3. The van der Waals surface area contributed by atoms with E-state index in [1.165, 1.54) is 12.5 Å². The molecule has 1 fully saturated rings. The normalized spacial score (nSPS) is 20.4. The monoisotopic (exact) mass is 295 g/mol. The Balaban J connectivity index is 1.85. The van der Waals surface area contributed by atoms with Crippen LogP contribution in [0.1, 0.15) is 44.2 Å². The molecule has 0 saturated carbocycles. The van der Waals surface area contributed by atoms with Gasteiger partial charge in [0, 0.05) is 12.2 Å². The van der Waals surface area contributed by atoms with Crippen LogP contribution in [0, 0.1) is 5.82 Å². The molecule has 1 heterocycles. The van der Waals surface area contributed by atoms with Crippen molar-refractivity contribution in [1.29, 1.82) is 0 Å². The molecule has 21 heavy (non-hydrogen) atoms. The van der Waals surface area contributed by atoms with E-state index < -0.39 is 0 Å². The summed E-state index contributed by atoms with van der Waals surface area (Å²) in [4.78, 5) is 0. The van der Waals surface area contributed by atoms with Crippen molar-refractivity contribution in [2.75, 3.05) is 26.4 Å². The Hall–Kier alpha value is -0.970. The van der Waals surface area contributed by atoms with Gasteiger partial charge in [0.05, 0.1) is 25.4 Å². The van der Waals surface area contributed by atoms with E-state index in [0.29, 0.717) is 18.8 Å². The van der Waals surface area contributed by atoms with E-state index in [9.17, 15) is 4.39 Å². The minimum Gasteiger partial charge on any atom is -0.377 e. The lowest BCUT2D eigenvalue weighted by Gasteiger charge is -2.24. The SMILES string of the molecule is CCCNC(COCC1CCCCO1)c1ccccc1F. The van der Waals surface area contributed by atoms with Gasteiger partial charge < -0.3 is 14.8 Å². The van der Waals surface area contributed by atoms with E-state index in [0.717, 1.165) is 32.4 Å². The van der Waals surface area contributed by atoms with Crippen LogP contribution in [0.4, 0.5) is 4.39 Å². The third kappa shape index (κ3) is 5.38. The van der Waals surface area contributed by atoms with Crippen LogP contribution in [-0.4, -0.2) is 32.5 Å². The first kappa shape index (κ1) is 16.4. The summed E-state index contributed by atoms with van der Waals surface area (Å²) < 4.78 is 25.4. The molecule has 1 N–H and O–H groups in total. The predicted octanol–water partition coefficient (Wildman–Crippen LogP) is 3.45. The van der Waals surface area contributed by atoms with Crippen molar-refractivity contribution in [1.82, 2.24) is 5.32 Å². The van der Waals surface area contributed by atoms with E-state index in [1.807, 2.05) is 12.1 Å². The van der Waals surface area contributed by atoms with Gasteiger partial charge in [-0.05, 0) is 38.3 Å². The largest absolute Gasteiger partial charge is 0.377 e. The molecule has 4 heteroatoms. The fourth-order valence-electron chi connectivity index (χ4n) is 2.59. The maximum Gasteiger partial charge on any atom is 0.128 e. The van der Waals surface area contributed by atoms with Crippen molar-refractivity contribution in [3.8, 4) is 0 Å². The minimum atomic E-state index is -0.177. The molecular formula is C17H26FNO2. The number of nitrogens with one attached hydrogen (secondary N) is 1. The summed E-state index contributed by atoms with van der Waals surface area (Å²) in [6.45, 7) is 4.85. The van der Waals surface area contributed by atoms with Crippen molar-refractivity contribution in [2.24, 2.45) is 0 Å². The molecule has 2 unspecified atom stereocenters. The van der Waals surface area contributed by atoms with Gasteiger partial charge >= 0.3 is 0 Å². The Morgan fingerprint density at radius 2 is 2.24 bits per heavy atom. The molecular weight excluding hydrogens is 269 g/mol. The predicted molar refractivity (Wildman–Crippen MR) is 81.8 cm³/mol. The summed E-state index contributed by atoms with van der Waals surface area (Å²) in [5.74, 6) is -0.177. The van der Waals surface area contributed by atoms with Crippen LogP contribution >= 0.6 is 0 Å². The van der Waals surface area contributed by atoms with Crippen molar-refractivity contribution in [2.45, 2.75) is 44.8 Å². The van der Waals surface area contributed by atoms with Gasteiger partial charge in [-0.25, -0.2) is 4.39 Å². The lowest BCUT2D eigenvalue weighted by molar-refractivity contribution is -0.0443. The minimum absolute atomic E-state index is 0.102. The highest BCUT2D eigenvalue weighted by Crippen LogP contribution is 2.18. The molecule has 1 aliphatic rings. The van der Waals surface area contributed by atoms with E-state index >= 15 is 0 Å². The smallest absolute Gasteiger partial charge is 0.128 e. The van der Waals surface area contributed by atoms with Gasteiger partial charge in [-0.1, -0.05) is 25.1 Å². The van der Waals surface area contributed by atoms with Gasteiger partial charge in [0.2, 0.25) is 0 Å². The average Bonchev–Trinajstić information content (AvgIpc) is 2.52. The van der Waals surface area contributed by atoms with Crippen LogP contribution in [0.15, 0.2) is 24.3 Å². The number of hydrogen-bond donors (Lipinski definition) is 1. The van der Waals surface area contributed by atoms with Gasteiger partial charge in [-0.15, -0.1) is 0 Å². The molecule has 0 radical (unpaired) electrons. The van der Waals surface area contributed by atoms with Gasteiger partial charge in [-0.2, -0.15) is 0 Å². The first-order valence-corrected chi connectivity index (χ1v) is 7.98. The van der Waals surface area contributed by atoms with E-state index in [1.54, 1.807) is 6.07 Å².